The SMILES string of the molecule is CN(c1ccc(F)cc1[N+](=O)[O-])S(C)(=O)=O. The highest BCUT2D eigenvalue weighted by atomic mass is 32.2. The van der Waals surface area contributed by atoms with Crippen LogP contribution in [0.25, 0.3) is 0 Å². The first-order chi connectivity index (χ1) is 7.23. The van der Waals surface area contributed by atoms with Crippen LogP contribution in [0.2, 0.25) is 0 Å². The maximum absolute atomic E-state index is 12.8. The van der Waals surface area contributed by atoms with Crippen molar-refractivity contribution in [3.8, 4) is 0 Å². The molecule has 0 aliphatic heterocycles. The zero-order chi connectivity index (χ0) is 12.5. The lowest BCUT2D eigenvalue weighted by atomic mass is 10.2. The number of rotatable bonds is 3. The number of sulfonamides is 1. The molecule has 16 heavy (non-hydrogen) atoms. The van der Waals surface area contributed by atoms with Crippen molar-refractivity contribution in [2.75, 3.05) is 17.6 Å². The first kappa shape index (κ1) is 12.4. The zero-order valence-electron chi connectivity index (χ0n) is 8.55. The Morgan fingerprint density at radius 3 is 2.44 bits per heavy atom. The molecular formula is C8H9FN2O4S. The third-order valence-electron chi connectivity index (χ3n) is 1.97. The second-order valence-electron chi connectivity index (χ2n) is 3.12. The molecular weight excluding hydrogens is 239 g/mol. The summed E-state index contributed by atoms with van der Waals surface area (Å²) in [6.07, 6.45) is 0.903. The molecule has 0 radical (unpaired) electrons. The fraction of sp³-hybridized carbons (Fsp3) is 0.250. The Bertz CT molecular complexity index is 529. The van der Waals surface area contributed by atoms with Crippen molar-refractivity contribution in [1.82, 2.24) is 0 Å². The molecule has 0 saturated carbocycles. The minimum absolute atomic E-state index is 0.172. The van der Waals surface area contributed by atoms with E-state index < -0.39 is 26.5 Å². The molecule has 1 rings (SSSR count). The van der Waals surface area contributed by atoms with E-state index in [4.69, 9.17) is 0 Å². The lowest BCUT2D eigenvalue weighted by Crippen LogP contribution is -2.25. The van der Waals surface area contributed by atoms with Crippen molar-refractivity contribution in [1.29, 1.82) is 0 Å². The Hall–Kier alpha value is -1.70. The van der Waals surface area contributed by atoms with Crippen LogP contribution in [-0.4, -0.2) is 26.6 Å². The Morgan fingerprint density at radius 2 is 2.00 bits per heavy atom. The number of halogens is 1. The van der Waals surface area contributed by atoms with Crippen LogP contribution in [0.15, 0.2) is 18.2 Å². The van der Waals surface area contributed by atoms with E-state index in [9.17, 15) is 22.9 Å². The molecule has 0 fully saturated rings. The number of benzene rings is 1. The van der Waals surface area contributed by atoms with Gasteiger partial charge in [-0.15, -0.1) is 0 Å². The van der Waals surface area contributed by atoms with Gasteiger partial charge in [0.1, 0.15) is 11.5 Å². The van der Waals surface area contributed by atoms with Crippen LogP contribution < -0.4 is 4.31 Å². The van der Waals surface area contributed by atoms with Gasteiger partial charge in [-0.3, -0.25) is 14.4 Å². The van der Waals surface area contributed by atoms with E-state index in [2.05, 4.69) is 0 Å². The van der Waals surface area contributed by atoms with E-state index in [0.717, 1.165) is 29.7 Å². The first-order valence-corrected chi connectivity index (χ1v) is 5.96. The van der Waals surface area contributed by atoms with Gasteiger partial charge in [0.2, 0.25) is 10.0 Å². The minimum Gasteiger partial charge on any atom is -0.267 e. The Labute approximate surface area is 91.5 Å². The summed E-state index contributed by atoms with van der Waals surface area (Å²) in [5.41, 5.74) is -0.762. The van der Waals surface area contributed by atoms with Crippen molar-refractivity contribution in [3.63, 3.8) is 0 Å². The summed E-state index contributed by atoms with van der Waals surface area (Å²) in [4.78, 5) is 9.79. The maximum Gasteiger partial charge on any atom is 0.296 e. The van der Waals surface area contributed by atoms with Crippen molar-refractivity contribution in [3.05, 3.63) is 34.1 Å². The van der Waals surface area contributed by atoms with E-state index >= 15 is 0 Å². The number of nitro groups is 1. The monoisotopic (exact) mass is 248 g/mol. The second-order valence-corrected chi connectivity index (χ2v) is 5.13. The zero-order valence-corrected chi connectivity index (χ0v) is 9.36. The molecule has 0 heterocycles. The highest BCUT2D eigenvalue weighted by molar-refractivity contribution is 7.92. The molecule has 0 amide bonds. The fourth-order valence-electron chi connectivity index (χ4n) is 1.09. The molecule has 1 aromatic rings. The summed E-state index contributed by atoms with van der Waals surface area (Å²) in [5, 5.41) is 10.6. The van der Waals surface area contributed by atoms with Crippen molar-refractivity contribution in [2.24, 2.45) is 0 Å². The molecule has 0 spiro atoms. The molecule has 88 valence electrons. The van der Waals surface area contributed by atoms with Crippen LogP contribution in [0, 0.1) is 15.9 Å². The average molecular weight is 248 g/mol. The largest absolute Gasteiger partial charge is 0.296 e. The molecule has 0 aliphatic rings. The van der Waals surface area contributed by atoms with Crippen molar-refractivity contribution >= 4 is 21.4 Å². The predicted octanol–water partition coefficient (Wildman–Crippen LogP) is 1.13. The van der Waals surface area contributed by atoms with Gasteiger partial charge in [-0.2, -0.15) is 0 Å². The van der Waals surface area contributed by atoms with Crippen LogP contribution in [0.5, 0.6) is 0 Å². The summed E-state index contributed by atoms with van der Waals surface area (Å²) >= 11 is 0. The highest BCUT2D eigenvalue weighted by Crippen LogP contribution is 2.29. The van der Waals surface area contributed by atoms with E-state index in [-0.39, 0.29) is 5.69 Å². The molecule has 0 unspecified atom stereocenters. The van der Waals surface area contributed by atoms with Gasteiger partial charge in [-0.05, 0) is 12.1 Å². The fourth-order valence-corrected chi connectivity index (χ4v) is 1.60. The quantitative estimate of drug-likeness (QED) is 0.593. The van der Waals surface area contributed by atoms with Crippen molar-refractivity contribution in [2.45, 2.75) is 0 Å². The van der Waals surface area contributed by atoms with Gasteiger partial charge in [0.25, 0.3) is 5.69 Å². The number of anilines is 1. The van der Waals surface area contributed by atoms with Crippen molar-refractivity contribution < 1.29 is 17.7 Å². The van der Waals surface area contributed by atoms with Crippen LogP contribution in [0.3, 0.4) is 0 Å². The number of hydrogen-bond donors (Lipinski definition) is 0. The van der Waals surface area contributed by atoms with Gasteiger partial charge in [0.05, 0.1) is 17.2 Å². The number of nitro benzene ring substituents is 1. The summed E-state index contributed by atoms with van der Waals surface area (Å²) in [6, 6.07) is 2.69. The summed E-state index contributed by atoms with van der Waals surface area (Å²) in [7, 11) is -2.46. The van der Waals surface area contributed by atoms with Gasteiger partial charge >= 0.3 is 0 Å². The molecule has 0 atom stereocenters. The van der Waals surface area contributed by atoms with Gasteiger partial charge in [-0.25, -0.2) is 12.8 Å². The smallest absolute Gasteiger partial charge is 0.267 e. The van der Waals surface area contributed by atoms with Gasteiger partial charge < -0.3 is 0 Å². The molecule has 0 saturated heterocycles. The predicted molar refractivity (Wildman–Crippen MR) is 56.3 cm³/mol. The van der Waals surface area contributed by atoms with Crippen LogP contribution >= 0.6 is 0 Å². The standard InChI is InChI=1S/C8H9FN2O4S/c1-10(16(2,14)15)7-4-3-6(9)5-8(7)11(12)13/h3-5H,1-2H3. The van der Waals surface area contributed by atoms with E-state index in [1.807, 2.05) is 0 Å². The van der Waals surface area contributed by atoms with Crippen LogP contribution in [0.1, 0.15) is 0 Å². The topological polar surface area (TPSA) is 80.5 Å². The maximum atomic E-state index is 12.8. The van der Waals surface area contributed by atoms with Crippen LogP contribution in [-0.2, 0) is 10.0 Å². The summed E-state index contributed by atoms with van der Waals surface area (Å²) in [6.45, 7) is 0. The van der Waals surface area contributed by atoms with E-state index in [0.29, 0.717) is 6.07 Å². The normalized spacial score (nSPS) is 11.2. The third kappa shape index (κ3) is 2.45. The van der Waals surface area contributed by atoms with E-state index in [1.165, 1.54) is 0 Å². The Balaban J connectivity index is 3.40. The molecule has 0 aromatic heterocycles. The molecule has 6 nitrogen and oxygen atoms in total. The lowest BCUT2D eigenvalue weighted by Gasteiger charge is -2.16. The average Bonchev–Trinajstić information content (AvgIpc) is 2.15. The number of nitrogens with zero attached hydrogens (tertiary/aromatic N) is 2. The Morgan fingerprint density at radius 1 is 1.44 bits per heavy atom. The Kier molecular flexibility index (Phi) is 3.13. The first-order valence-electron chi connectivity index (χ1n) is 4.11. The van der Waals surface area contributed by atoms with Gasteiger partial charge in [0.15, 0.2) is 0 Å². The van der Waals surface area contributed by atoms with E-state index in [1.54, 1.807) is 0 Å². The van der Waals surface area contributed by atoms with Crippen LogP contribution in [0.4, 0.5) is 15.8 Å². The number of hydrogen-bond acceptors (Lipinski definition) is 4. The molecule has 1 aromatic carbocycles. The molecule has 8 heteroatoms. The third-order valence-corrected chi connectivity index (χ3v) is 3.16. The second kappa shape index (κ2) is 4.05. The molecule has 0 bridgehead atoms. The van der Waals surface area contributed by atoms with Gasteiger partial charge in [0, 0.05) is 7.05 Å². The summed E-state index contributed by atoms with van der Waals surface area (Å²) < 4.78 is 35.9. The molecule has 0 aliphatic carbocycles. The highest BCUT2D eigenvalue weighted by Gasteiger charge is 2.22. The summed E-state index contributed by atoms with van der Waals surface area (Å²) in [5.74, 6) is -0.794. The lowest BCUT2D eigenvalue weighted by molar-refractivity contribution is -0.384. The minimum atomic E-state index is -3.62. The van der Waals surface area contributed by atoms with Gasteiger partial charge in [-0.1, -0.05) is 0 Å². The molecule has 0 N–H and O–H groups in total.